The maximum Gasteiger partial charge on any atom is 0.358 e. The van der Waals surface area contributed by atoms with E-state index >= 15 is 0 Å². The topological polar surface area (TPSA) is 189 Å². The number of hydrogen-bond donors (Lipinski definition) is 3. The molecule has 162 valence electrons. The monoisotopic (exact) mass is 466 g/mol. The van der Waals surface area contributed by atoms with Gasteiger partial charge in [-0.15, -0.1) is 5.11 Å². The zero-order valence-corrected chi connectivity index (χ0v) is 17.2. The summed E-state index contributed by atoms with van der Waals surface area (Å²) >= 11 is 0. The highest BCUT2D eigenvalue weighted by Crippen LogP contribution is 2.34. The molecule has 3 rings (SSSR count). The molecule has 31 heavy (non-hydrogen) atoms. The molecule has 1 heterocycles. The number of rotatable bonds is 6. The average molecular weight is 466 g/mol. The molecule has 0 aliphatic rings. The highest BCUT2D eigenvalue weighted by atomic mass is 32.2. The van der Waals surface area contributed by atoms with Crippen LogP contribution in [0.15, 0.2) is 68.6 Å². The summed E-state index contributed by atoms with van der Waals surface area (Å²) in [6.07, 6.45) is 1.04. The zero-order chi connectivity index (χ0) is 23.0. The van der Waals surface area contributed by atoms with E-state index in [1.54, 1.807) is 0 Å². The molecule has 0 saturated carbocycles. The fourth-order valence-electron chi connectivity index (χ4n) is 2.44. The Morgan fingerprint density at radius 1 is 0.935 bits per heavy atom. The molecule has 0 amide bonds. The van der Waals surface area contributed by atoms with Gasteiger partial charge in [-0.3, -0.25) is 4.55 Å². The summed E-state index contributed by atoms with van der Waals surface area (Å²) < 4.78 is 55.1. The van der Waals surface area contributed by atoms with Gasteiger partial charge in [0.05, 0.1) is 21.2 Å². The van der Waals surface area contributed by atoms with Crippen LogP contribution in [-0.4, -0.2) is 53.6 Å². The fourth-order valence-corrected chi connectivity index (χ4v) is 3.55. The van der Waals surface area contributed by atoms with Gasteiger partial charge >= 0.3 is 5.97 Å². The van der Waals surface area contributed by atoms with E-state index in [4.69, 9.17) is 4.55 Å². The van der Waals surface area contributed by atoms with Gasteiger partial charge < -0.3 is 10.2 Å². The first kappa shape index (κ1) is 22.1. The van der Waals surface area contributed by atoms with Gasteiger partial charge in [0.1, 0.15) is 0 Å². The van der Waals surface area contributed by atoms with Crippen molar-refractivity contribution in [3.05, 3.63) is 54.2 Å². The number of aromatic nitrogens is 2. The molecule has 0 bridgehead atoms. The van der Waals surface area contributed by atoms with Crippen molar-refractivity contribution >= 4 is 37.3 Å². The van der Waals surface area contributed by atoms with Gasteiger partial charge in [0.15, 0.2) is 15.5 Å². The van der Waals surface area contributed by atoms with Crippen molar-refractivity contribution in [1.82, 2.24) is 9.78 Å². The Morgan fingerprint density at radius 2 is 1.48 bits per heavy atom. The minimum absolute atomic E-state index is 0.0571. The van der Waals surface area contributed by atoms with Crippen LogP contribution in [0.4, 0.5) is 11.4 Å². The molecule has 0 radical (unpaired) electrons. The molecular weight excluding hydrogens is 452 g/mol. The number of carbonyl (C=O) groups is 1. The van der Waals surface area contributed by atoms with E-state index in [0.29, 0.717) is 0 Å². The largest absolute Gasteiger partial charge is 0.492 e. The fraction of sp³-hybridized carbons (Fsp3) is 0.0588. The molecule has 3 N–H and O–H groups in total. The number of sulfone groups is 1. The molecule has 12 nitrogen and oxygen atoms in total. The first-order valence-electron chi connectivity index (χ1n) is 8.23. The molecule has 3 aromatic rings. The van der Waals surface area contributed by atoms with Crippen LogP contribution >= 0.6 is 0 Å². The molecule has 0 unspecified atom stereocenters. The minimum Gasteiger partial charge on any atom is -0.492 e. The van der Waals surface area contributed by atoms with Crippen LogP contribution in [0.3, 0.4) is 0 Å². The van der Waals surface area contributed by atoms with Gasteiger partial charge in [-0.05, 0) is 48.5 Å². The normalized spacial score (nSPS) is 12.3. The number of nitrogens with zero attached hydrogens (tertiary/aromatic N) is 4. The Labute approximate surface area is 175 Å². The van der Waals surface area contributed by atoms with Gasteiger partial charge in [-0.2, -0.15) is 23.3 Å². The number of aromatic hydroxyl groups is 1. The molecule has 1 aromatic heterocycles. The first-order chi connectivity index (χ1) is 14.4. The van der Waals surface area contributed by atoms with E-state index < -0.39 is 48.1 Å². The Balaban J connectivity index is 2.00. The van der Waals surface area contributed by atoms with Crippen LogP contribution in [-0.2, 0) is 20.0 Å². The highest BCUT2D eigenvalue weighted by Gasteiger charge is 2.24. The van der Waals surface area contributed by atoms with Gasteiger partial charge in [-0.1, -0.05) is 0 Å². The molecule has 0 aliphatic carbocycles. The van der Waals surface area contributed by atoms with E-state index in [2.05, 4.69) is 15.3 Å². The summed E-state index contributed by atoms with van der Waals surface area (Å²) in [5, 5.41) is 31.0. The Kier molecular flexibility index (Phi) is 5.62. The Morgan fingerprint density at radius 3 is 1.97 bits per heavy atom. The van der Waals surface area contributed by atoms with Crippen LogP contribution < -0.4 is 0 Å². The summed E-state index contributed by atoms with van der Waals surface area (Å²) in [7, 11) is -7.85. The Bertz CT molecular complexity index is 1390. The number of hydrogen-bond acceptors (Lipinski definition) is 9. The maximum atomic E-state index is 11.5. The number of carboxylic acids is 1. The third-order valence-corrected chi connectivity index (χ3v) is 5.95. The minimum atomic E-state index is -4.44. The number of benzene rings is 2. The van der Waals surface area contributed by atoms with Crippen LogP contribution in [0.1, 0.15) is 10.5 Å². The average Bonchev–Trinajstić information content (AvgIpc) is 3.02. The standard InChI is InChI=1S/C17H14N4O8S2/c1-30(25,26)12-6-2-10(3-7-12)18-19-14-15(17(23)24)20-21(16(14)22)11-4-8-13(9-5-11)31(27,28)29/h2-9,22H,1H3,(H,23,24)(H,27,28,29)/b19-18+. The predicted octanol–water partition coefficient (Wildman–Crippen LogP) is 2.34. The first-order valence-corrected chi connectivity index (χ1v) is 11.6. The Hall–Kier alpha value is -3.62. The lowest BCUT2D eigenvalue weighted by Crippen LogP contribution is -2.02. The van der Waals surface area contributed by atoms with Crippen LogP contribution in [0, 0.1) is 0 Å². The van der Waals surface area contributed by atoms with Crippen molar-refractivity contribution < 1.29 is 36.4 Å². The lowest BCUT2D eigenvalue weighted by Gasteiger charge is -2.03. The molecule has 0 atom stereocenters. The van der Waals surface area contributed by atoms with E-state index in [0.717, 1.165) is 23.1 Å². The SMILES string of the molecule is CS(=O)(=O)c1ccc(/N=N/c2c(C(=O)O)nn(-c3ccc(S(=O)(=O)O)cc3)c2O)cc1. The summed E-state index contributed by atoms with van der Waals surface area (Å²) in [5.74, 6) is -2.20. The number of aromatic carboxylic acids is 1. The second kappa shape index (κ2) is 7.90. The van der Waals surface area contributed by atoms with Gasteiger partial charge in [-0.25, -0.2) is 13.2 Å². The van der Waals surface area contributed by atoms with Crippen LogP contribution in [0.5, 0.6) is 5.88 Å². The summed E-state index contributed by atoms with van der Waals surface area (Å²) in [6.45, 7) is 0. The third kappa shape index (κ3) is 4.76. The summed E-state index contributed by atoms with van der Waals surface area (Å²) in [6, 6.07) is 9.72. The van der Waals surface area contributed by atoms with Crippen LogP contribution in [0.2, 0.25) is 0 Å². The molecule has 2 aromatic carbocycles. The molecule has 0 aliphatic heterocycles. The van der Waals surface area contributed by atoms with Gasteiger partial charge in [0.2, 0.25) is 11.6 Å². The molecular formula is C17H14N4O8S2. The van der Waals surface area contributed by atoms with Crippen molar-refractivity contribution in [3.63, 3.8) is 0 Å². The van der Waals surface area contributed by atoms with Crippen molar-refractivity contribution in [3.8, 4) is 11.6 Å². The molecule has 14 heteroatoms. The second-order valence-corrected chi connectivity index (χ2v) is 9.61. The lowest BCUT2D eigenvalue weighted by atomic mass is 10.3. The smallest absolute Gasteiger partial charge is 0.358 e. The van der Waals surface area contributed by atoms with Crippen molar-refractivity contribution in [2.45, 2.75) is 9.79 Å². The predicted molar refractivity (Wildman–Crippen MR) is 106 cm³/mol. The second-order valence-electron chi connectivity index (χ2n) is 6.17. The molecule has 0 spiro atoms. The van der Waals surface area contributed by atoms with E-state index in [1.807, 2.05) is 0 Å². The summed E-state index contributed by atoms with van der Waals surface area (Å²) in [4.78, 5) is 11.2. The summed E-state index contributed by atoms with van der Waals surface area (Å²) in [5.41, 5.74) is -0.828. The lowest BCUT2D eigenvalue weighted by molar-refractivity contribution is 0.0690. The van der Waals surface area contributed by atoms with Crippen molar-refractivity contribution in [2.75, 3.05) is 6.26 Å². The van der Waals surface area contributed by atoms with E-state index in [1.165, 1.54) is 36.4 Å². The van der Waals surface area contributed by atoms with E-state index in [9.17, 15) is 31.8 Å². The third-order valence-electron chi connectivity index (χ3n) is 3.95. The van der Waals surface area contributed by atoms with Crippen molar-refractivity contribution in [1.29, 1.82) is 0 Å². The van der Waals surface area contributed by atoms with Gasteiger partial charge in [0.25, 0.3) is 10.1 Å². The number of carboxylic acid groups (broad SMARTS) is 1. The van der Waals surface area contributed by atoms with Gasteiger partial charge in [0, 0.05) is 6.26 Å². The highest BCUT2D eigenvalue weighted by molar-refractivity contribution is 7.90. The molecule has 0 fully saturated rings. The van der Waals surface area contributed by atoms with Crippen molar-refractivity contribution in [2.24, 2.45) is 10.2 Å². The maximum absolute atomic E-state index is 11.5. The van der Waals surface area contributed by atoms with E-state index in [-0.39, 0.29) is 16.3 Å². The molecule has 0 saturated heterocycles. The van der Waals surface area contributed by atoms with Crippen LogP contribution in [0.25, 0.3) is 5.69 Å². The number of azo groups is 1. The zero-order valence-electron chi connectivity index (χ0n) is 15.6. The quantitative estimate of drug-likeness (QED) is 0.361.